The predicted octanol–water partition coefficient (Wildman–Crippen LogP) is 2.91. The number of nitrogens with one attached hydrogen (secondary N) is 1. The van der Waals surface area contributed by atoms with Gasteiger partial charge in [-0.15, -0.1) is 0 Å². The van der Waals surface area contributed by atoms with Gasteiger partial charge in [0.2, 0.25) is 0 Å². The lowest BCUT2D eigenvalue weighted by Crippen LogP contribution is -2.40. The number of guanidine groups is 1. The van der Waals surface area contributed by atoms with Crippen molar-refractivity contribution in [3.05, 3.63) is 0 Å². The topological polar surface area (TPSA) is 50.4 Å². The molecule has 0 fully saturated rings. The molecule has 3 nitrogen and oxygen atoms in total. The lowest BCUT2D eigenvalue weighted by atomic mass is 10.1. The lowest BCUT2D eigenvalue weighted by molar-refractivity contribution is 0.492. The van der Waals surface area contributed by atoms with Gasteiger partial charge in [-0.2, -0.15) is 0 Å². The van der Waals surface area contributed by atoms with Crippen LogP contribution in [0.5, 0.6) is 0 Å². The van der Waals surface area contributed by atoms with Gasteiger partial charge >= 0.3 is 0 Å². The van der Waals surface area contributed by atoms with Gasteiger partial charge in [-0.1, -0.05) is 47.0 Å². The molecule has 0 radical (unpaired) electrons. The molecule has 0 amide bonds. The van der Waals surface area contributed by atoms with Crippen LogP contribution in [-0.4, -0.2) is 18.5 Å². The summed E-state index contributed by atoms with van der Waals surface area (Å²) in [5.74, 6) is 1.18. The molecule has 0 heterocycles. The van der Waals surface area contributed by atoms with Gasteiger partial charge in [-0.25, -0.2) is 0 Å². The minimum Gasteiger partial charge on any atom is -0.370 e. The van der Waals surface area contributed by atoms with Crippen LogP contribution in [0.1, 0.15) is 59.8 Å². The molecule has 3 heteroatoms. The van der Waals surface area contributed by atoms with E-state index in [2.05, 4.69) is 38.0 Å². The fourth-order valence-corrected chi connectivity index (χ4v) is 1.62. The summed E-state index contributed by atoms with van der Waals surface area (Å²) in [6.07, 6.45) is 6.07. The van der Waals surface area contributed by atoms with Gasteiger partial charge in [0.1, 0.15) is 0 Å². The van der Waals surface area contributed by atoms with Crippen LogP contribution < -0.4 is 11.1 Å². The van der Waals surface area contributed by atoms with Crippen LogP contribution in [-0.2, 0) is 0 Å². The SMILES string of the molecule is CCCCC(CCC)NC(N)=NCC(C)C. The summed E-state index contributed by atoms with van der Waals surface area (Å²) in [6.45, 7) is 9.54. The highest BCUT2D eigenvalue weighted by Crippen LogP contribution is 2.06. The Morgan fingerprint density at radius 1 is 1.19 bits per heavy atom. The third-order valence-electron chi connectivity index (χ3n) is 2.52. The average Bonchev–Trinajstić information content (AvgIpc) is 2.23. The largest absolute Gasteiger partial charge is 0.370 e. The standard InChI is InChI=1S/C13H29N3/c1-5-7-9-12(8-6-2)16-13(14)15-10-11(3)4/h11-12H,5-10H2,1-4H3,(H3,14,15,16). The van der Waals surface area contributed by atoms with Gasteiger partial charge in [-0.05, 0) is 18.8 Å². The molecule has 0 spiro atoms. The number of aliphatic imine (C=N–C) groups is 1. The van der Waals surface area contributed by atoms with Crippen molar-refractivity contribution in [2.24, 2.45) is 16.6 Å². The van der Waals surface area contributed by atoms with Crippen molar-refractivity contribution in [1.82, 2.24) is 5.32 Å². The smallest absolute Gasteiger partial charge is 0.188 e. The molecule has 0 saturated heterocycles. The third kappa shape index (κ3) is 8.57. The van der Waals surface area contributed by atoms with E-state index in [1.807, 2.05) is 0 Å². The molecule has 0 aromatic carbocycles. The van der Waals surface area contributed by atoms with E-state index < -0.39 is 0 Å². The van der Waals surface area contributed by atoms with Crippen LogP contribution in [0.15, 0.2) is 4.99 Å². The molecule has 0 aromatic heterocycles. The molecule has 0 saturated carbocycles. The van der Waals surface area contributed by atoms with Crippen molar-refractivity contribution in [2.75, 3.05) is 6.54 Å². The molecule has 96 valence electrons. The molecular weight excluding hydrogens is 198 g/mol. The zero-order valence-electron chi connectivity index (χ0n) is 11.4. The van der Waals surface area contributed by atoms with Crippen molar-refractivity contribution >= 4 is 5.96 Å². The second-order valence-corrected chi connectivity index (χ2v) is 4.89. The molecule has 1 unspecified atom stereocenters. The van der Waals surface area contributed by atoms with E-state index >= 15 is 0 Å². The van der Waals surface area contributed by atoms with Gasteiger partial charge in [0.05, 0.1) is 0 Å². The maximum Gasteiger partial charge on any atom is 0.188 e. The Bertz CT molecular complexity index is 188. The monoisotopic (exact) mass is 227 g/mol. The third-order valence-corrected chi connectivity index (χ3v) is 2.52. The second-order valence-electron chi connectivity index (χ2n) is 4.89. The van der Waals surface area contributed by atoms with Crippen molar-refractivity contribution in [2.45, 2.75) is 65.8 Å². The Kier molecular flexibility index (Phi) is 9.06. The number of hydrogen-bond donors (Lipinski definition) is 2. The van der Waals surface area contributed by atoms with Crippen molar-refractivity contribution < 1.29 is 0 Å². The number of nitrogens with two attached hydrogens (primary N) is 1. The summed E-state index contributed by atoms with van der Waals surface area (Å²) in [4.78, 5) is 4.34. The van der Waals surface area contributed by atoms with Gasteiger partial charge in [0.25, 0.3) is 0 Å². The zero-order chi connectivity index (χ0) is 12.4. The van der Waals surface area contributed by atoms with Crippen molar-refractivity contribution in [3.8, 4) is 0 Å². The second kappa shape index (κ2) is 9.49. The van der Waals surface area contributed by atoms with E-state index in [1.165, 1.54) is 32.1 Å². The minimum absolute atomic E-state index is 0.501. The predicted molar refractivity (Wildman–Crippen MR) is 72.7 cm³/mol. The number of hydrogen-bond acceptors (Lipinski definition) is 1. The average molecular weight is 227 g/mol. The highest BCUT2D eigenvalue weighted by molar-refractivity contribution is 5.78. The fourth-order valence-electron chi connectivity index (χ4n) is 1.62. The normalized spacial score (nSPS) is 14.2. The summed E-state index contributed by atoms with van der Waals surface area (Å²) in [7, 11) is 0. The van der Waals surface area contributed by atoms with Gasteiger partial charge < -0.3 is 11.1 Å². The van der Waals surface area contributed by atoms with Gasteiger partial charge in [-0.3, -0.25) is 4.99 Å². The van der Waals surface area contributed by atoms with E-state index in [1.54, 1.807) is 0 Å². The number of nitrogens with zero attached hydrogens (tertiary/aromatic N) is 1. The molecular formula is C13H29N3. The number of unbranched alkanes of at least 4 members (excludes halogenated alkanes) is 1. The fraction of sp³-hybridized carbons (Fsp3) is 0.923. The Hall–Kier alpha value is -0.730. The summed E-state index contributed by atoms with van der Waals surface area (Å²) >= 11 is 0. The number of rotatable bonds is 8. The summed E-state index contributed by atoms with van der Waals surface area (Å²) < 4.78 is 0. The summed E-state index contributed by atoms with van der Waals surface area (Å²) in [5.41, 5.74) is 5.86. The van der Waals surface area contributed by atoms with Crippen LogP contribution in [0.25, 0.3) is 0 Å². The molecule has 3 N–H and O–H groups in total. The maximum atomic E-state index is 5.86. The van der Waals surface area contributed by atoms with Crippen molar-refractivity contribution in [1.29, 1.82) is 0 Å². The highest BCUT2D eigenvalue weighted by Gasteiger charge is 2.07. The van der Waals surface area contributed by atoms with Crippen LogP contribution in [0.3, 0.4) is 0 Å². The van der Waals surface area contributed by atoms with E-state index in [9.17, 15) is 0 Å². The van der Waals surface area contributed by atoms with Gasteiger partial charge in [0, 0.05) is 12.6 Å². The van der Waals surface area contributed by atoms with E-state index in [-0.39, 0.29) is 0 Å². The highest BCUT2D eigenvalue weighted by atomic mass is 15.1. The van der Waals surface area contributed by atoms with E-state index in [0.29, 0.717) is 17.9 Å². The zero-order valence-corrected chi connectivity index (χ0v) is 11.4. The van der Waals surface area contributed by atoms with Crippen LogP contribution in [0.2, 0.25) is 0 Å². The maximum absolute atomic E-state index is 5.86. The first-order chi connectivity index (χ1) is 7.60. The van der Waals surface area contributed by atoms with Crippen molar-refractivity contribution in [3.63, 3.8) is 0 Å². The van der Waals surface area contributed by atoms with Gasteiger partial charge in [0.15, 0.2) is 5.96 Å². The molecule has 0 aliphatic carbocycles. The lowest BCUT2D eigenvalue weighted by Gasteiger charge is -2.18. The Labute approximate surface area is 101 Å². The first kappa shape index (κ1) is 15.3. The molecule has 0 aliphatic rings. The Morgan fingerprint density at radius 2 is 1.88 bits per heavy atom. The summed E-state index contributed by atoms with van der Waals surface area (Å²) in [5, 5.41) is 3.34. The Balaban J connectivity index is 4.00. The summed E-state index contributed by atoms with van der Waals surface area (Å²) in [6, 6.07) is 0.501. The minimum atomic E-state index is 0.501. The Morgan fingerprint density at radius 3 is 2.38 bits per heavy atom. The quantitative estimate of drug-likeness (QED) is 0.495. The molecule has 1 atom stereocenters. The molecule has 0 aliphatic heterocycles. The molecule has 0 rings (SSSR count). The van der Waals surface area contributed by atoms with E-state index in [4.69, 9.17) is 5.73 Å². The molecule has 16 heavy (non-hydrogen) atoms. The van der Waals surface area contributed by atoms with E-state index in [0.717, 1.165) is 6.54 Å². The molecule has 0 aromatic rings. The van der Waals surface area contributed by atoms with Crippen LogP contribution in [0, 0.1) is 5.92 Å². The first-order valence-electron chi connectivity index (χ1n) is 6.66. The first-order valence-corrected chi connectivity index (χ1v) is 6.66. The van der Waals surface area contributed by atoms with Crippen LogP contribution in [0.4, 0.5) is 0 Å². The van der Waals surface area contributed by atoms with Crippen LogP contribution >= 0.6 is 0 Å². The molecule has 0 bridgehead atoms.